The van der Waals surface area contributed by atoms with E-state index in [2.05, 4.69) is 10.3 Å². The summed E-state index contributed by atoms with van der Waals surface area (Å²) < 4.78 is 0. The topological polar surface area (TPSA) is 42.0 Å². The van der Waals surface area contributed by atoms with Crippen LogP contribution >= 0.6 is 0 Å². The normalized spacial score (nSPS) is 11.2. The molecule has 0 aliphatic heterocycles. The molecule has 0 saturated carbocycles. The van der Waals surface area contributed by atoms with Crippen LogP contribution in [-0.4, -0.2) is 10.9 Å². The number of carbonyl (C=O) groups excluding carboxylic acids is 1. The van der Waals surface area contributed by atoms with E-state index in [-0.39, 0.29) is 11.3 Å². The molecule has 3 nitrogen and oxygen atoms in total. The van der Waals surface area contributed by atoms with Crippen molar-refractivity contribution in [2.45, 2.75) is 27.2 Å². The van der Waals surface area contributed by atoms with E-state index in [1.807, 2.05) is 63.2 Å². The van der Waals surface area contributed by atoms with Crippen LogP contribution in [-0.2, 0) is 4.79 Å². The number of benzene rings is 1. The Bertz CT molecular complexity index is 568. The van der Waals surface area contributed by atoms with Gasteiger partial charge < -0.3 is 5.32 Å². The molecule has 0 atom stereocenters. The number of hydrogen-bond acceptors (Lipinski definition) is 2. The number of rotatable bonds is 3. The van der Waals surface area contributed by atoms with Gasteiger partial charge in [0.1, 0.15) is 0 Å². The molecular weight excluding hydrogens is 248 g/mol. The number of amides is 1. The summed E-state index contributed by atoms with van der Waals surface area (Å²) in [6.45, 7) is 6.13. The molecule has 1 aromatic heterocycles. The summed E-state index contributed by atoms with van der Waals surface area (Å²) >= 11 is 0. The van der Waals surface area contributed by atoms with E-state index in [1.165, 1.54) is 0 Å². The predicted molar refractivity (Wildman–Crippen MR) is 82.4 cm³/mol. The van der Waals surface area contributed by atoms with Crippen LogP contribution in [0.15, 0.2) is 48.7 Å². The van der Waals surface area contributed by atoms with Gasteiger partial charge in [0, 0.05) is 12.0 Å². The zero-order valence-corrected chi connectivity index (χ0v) is 12.2. The molecular formula is C17H20N2O. The van der Waals surface area contributed by atoms with Crippen molar-refractivity contribution in [2.24, 2.45) is 5.41 Å². The lowest BCUT2D eigenvalue weighted by molar-refractivity contribution is -0.117. The van der Waals surface area contributed by atoms with Crippen LogP contribution in [0.3, 0.4) is 0 Å². The molecule has 0 aliphatic rings. The van der Waals surface area contributed by atoms with E-state index >= 15 is 0 Å². The van der Waals surface area contributed by atoms with Gasteiger partial charge in [0.05, 0.1) is 17.6 Å². The Balaban J connectivity index is 2.04. The number of nitrogens with zero attached hydrogens (tertiary/aromatic N) is 1. The van der Waals surface area contributed by atoms with Crippen LogP contribution in [0, 0.1) is 5.41 Å². The fourth-order valence-electron chi connectivity index (χ4n) is 1.93. The molecule has 0 fully saturated rings. The molecule has 0 bridgehead atoms. The van der Waals surface area contributed by atoms with Gasteiger partial charge >= 0.3 is 0 Å². The van der Waals surface area contributed by atoms with Crippen molar-refractivity contribution in [3.63, 3.8) is 0 Å². The van der Waals surface area contributed by atoms with Crippen molar-refractivity contribution >= 4 is 11.6 Å². The summed E-state index contributed by atoms with van der Waals surface area (Å²) in [5, 5.41) is 2.88. The van der Waals surface area contributed by atoms with Crippen LogP contribution in [0.5, 0.6) is 0 Å². The van der Waals surface area contributed by atoms with Gasteiger partial charge in [-0.3, -0.25) is 9.78 Å². The molecule has 0 radical (unpaired) electrons. The van der Waals surface area contributed by atoms with E-state index in [0.717, 1.165) is 16.9 Å². The van der Waals surface area contributed by atoms with Gasteiger partial charge in [-0.05, 0) is 17.5 Å². The summed E-state index contributed by atoms with van der Waals surface area (Å²) in [5.74, 6) is 0.0201. The predicted octanol–water partition coefficient (Wildman–Crippen LogP) is 4.12. The Hall–Kier alpha value is -2.16. The Labute approximate surface area is 120 Å². The highest BCUT2D eigenvalue weighted by atomic mass is 16.1. The third-order valence-electron chi connectivity index (χ3n) is 2.81. The third kappa shape index (κ3) is 4.19. The standard InChI is InChI=1S/C17H20N2O/c1-17(2,3)11-16(20)19-14-9-10-15(18-12-14)13-7-5-4-6-8-13/h4-10,12H,11H2,1-3H3,(H,19,20). The van der Waals surface area contributed by atoms with E-state index in [4.69, 9.17) is 0 Å². The second-order valence-corrected chi connectivity index (χ2v) is 6.08. The van der Waals surface area contributed by atoms with Gasteiger partial charge in [-0.15, -0.1) is 0 Å². The molecule has 1 amide bonds. The molecule has 3 heteroatoms. The molecule has 0 spiro atoms. The minimum Gasteiger partial charge on any atom is -0.325 e. The minimum atomic E-state index is -0.0124. The minimum absolute atomic E-state index is 0.0124. The zero-order chi connectivity index (χ0) is 14.6. The maximum atomic E-state index is 11.8. The molecule has 1 N–H and O–H groups in total. The third-order valence-corrected chi connectivity index (χ3v) is 2.81. The second kappa shape index (κ2) is 5.87. The molecule has 2 aromatic rings. The number of anilines is 1. The molecule has 1 heterocycles. The first kappa shape index (κ1) is 14.3. The van der Waals surface area contributed by atoms with E-state index in [1.54, 1.807) is 6.20 Å². The highest BCUT2D eigenvalue weighted by Crippen LogP contribution is 2.21. The van der Waals surface area contributed by atoms with Gasteiger partial charge in [-0.25, -0.2) is 0 Å². The second-order valence-electron chi connectivity index (χ2n) is 6.08. The monoisotopic (exact) mass is 268 g/mol. The number of pyridine rings is 1. The van der Waals surface area contributed by atoms with E-state index in [0.29, 0.717) is 6.42 Å². The molecule has 104 valence electrons. The Morgan fingerprint density at radius 2 is 1.80 bits per heavy atom. The summed E-state index contributed by atoms with van der Waals surface area (Å²) in [6, 6.07) is 13.8. The van der Waals surface area contributed by atoms with Crippen molar-refractivity contribution in [1.29, 1.82) is 0 Å². The summed E-state index contributed by atoms with van der Waals surface area (Å²) in [7, 11) is 0. The first-order chi connectivity index (χ1) is 9.44. The lowest BCUT2D eigenvalue weighted by Crippen LogP contribution is -2.19. The van der Waals surface area contributed by atoms with Gasteiger partial charge in [-0.2, -0.15) is 0 Å². The Kier molecular flexibility index (Phi) is 4.18. The first-order valence-corrected chi connectivity index (χ1v) is 6.75. The van der Waals surface area contributed by atoms with Gasteiger partial charge in [0.15, 0.2) is 0 Å². The smallest absolute Gasteiger partial charge is 0.224 e. The van der Waals surface area contributed by atoms with Crippen molar-refractivity contribution in [3.8, 4) is 11.3 Å². The van der Waals surface area contributed by atoms with Crippen LogP contribution in [0.25, 0.3) is 11.3 Å². The fraction of sp³-hybridized carbons (Fsp3) is 0.294. The van der Waals surface area contributed by atoms with Crippen molar-refractivity contribution in [3.05, 3.63) is 48.7 Å². The average Bonchev–Trinajstić information content (AvgIpc) is 2.38. The highest BCUT2D eigenvalue weighted by Gasteiger charge is 2.15. The summed E-state index contributed by atoms with van der Waals surface area (Å²) in [6.07, 6.45) is 2.19. The first-order valence-electron chi connectivity index (χ1n) is 6.75. The number of carbonyl (C=O) groups is 1. The molecule has 1 aromatic carbocycles. The average molecular weight is 268 g/mol. The summed E-state index contributed by atoms with van der Waals surface area (Å²) in [4.78, 5) is 16.2. The molecule has 20 heavy (non-hydrogen) atoms. The van der Waals surface area contributed by atoms with Gasteiger partial charge in [0.2, 0.25) is 5.91 Å². The largest absolute Gasteiger partial charge is 0.325 e. The summed E-state index contributed by atoms with van der Waals surface area (Å²) in [5.41, 5.74) is 2.69. The molecule has 0 saturated heterocycles. The van der Waals surface area contributed by atoms with Crippen molar-refractivity contribution in [2.75, 3.05) is 5.32 Å². The fourth-order valence-corrected chi connectivity index (χ4v) is 1.93. The highest BCUT2D eigenvalue weighted by molar-refractivity contribution is 5.91. The maximum Gasteiger partial charge on any atom is 0.224 e. The van der Waals surface area contributed by atoms with E-state index < -0.39 is 0 Å². The number of nitrogens with one attached hydrogen (secondary N) is 1. The van der Waals surface area contributed by atoms with Crippen LogP contribution in [0.2, 0.25) is 0 Å². The number of hydrogen-bond donors (Lipinski definition) is 1. The van der Waals surface area contributed by atoms with Crippen molar-refractivity contribution < 1.29 is 4.79 Å². The molecule has 0 unspecified atom stereocenters. The van der Waals surface area contributed by atoms with E-state index in [9.17, 15) is 4.79 Å². The SMILES string of the molecule is CC(C)(C)CC(=O)Nc1ccc(-c2ccccc2)nc1. The molecule has 2 rings (SSSR count). The lowest BCUT2D eigenvalue weighted by Gasteiger charge is -2.17. The number of aromatic nitrogens is 1. The molecule has 0 aliphatic carbocycles. The van der Waals surface area contributed by atoms with Gasteiger partial charge in [-0.1, -0.05) is 51.1 Å². The lowest BCUT2D eigenvalue weighted by atomic mass is 9.92. The Morgan fingerprint density at radius 3 is 2.35 bits per heavy atom. The van der Waals surface area contributed by atoms with Crippen LogP contribution < -0.4 is 5.32 Å². The van der Waals surface area contributed by atoms with Gasteiger partial charge in [0.25, 0.3) is 0 Å². The Morgan fingerprint density at radius 1 is 1.10 bits per heavy atom. The maximum absolute atomic E-state index is 11.8. The van der Waals surface area contributed by atoms with Crippen molar-refractivity contribution in [1.82, 2.24) is 4.98 Å². The zero-order valence-electron chi connectivity index (χ0n) is 12.2. The van der Waals surface area contributed by atoms with Crippen LogP contribution in [0.4, 0.5) is 5.69 Å². The van der Waals surface area contributed by atoms with Crippen LogP contribution in [0.1, 0.15) is 27.2 Å². The quantitative estimate of drug-likeness (QED) is 0.909.